The van der Waals surface area contributed by atoms with Gasteiger partial charge in [-0.3, -0.25) is 4.99 Å². The van der Waals surface area contributed by atoms with E-state index in [1.165, 1.54) is 0 Å². The molecule has 0 aromatic heterocycles. The van der Waals surface area contributed by atoms with E-state index in [-0.39, 0.29) is 5.75 Å². The molecule has 1 unspecified atom stereocenters. The average Bonchev–Trinajstić information content (AvgIpc) is 2.30. The molecule has 3 N–H and O–H groups in total. The van der Waals surface area contributed by atoms with Crippen LogP contribution < -0.4 is 5.32 Å². The van der Waals surface area contributed by atoms with Gasteiger partial charge in [-0.25, -0.2) is 0 Å². The first-order valence-electron chi connectivity index (χ1n) is 6.06. The molecule has 0 bridgehead atoms. The standard InChI is InChI=1S/C13H18N2O2/c1-2-3-4-5-11-13(17)15-12-8-9(16)6-7-10(12)14-11/h6-8,13,15-17H,2-5H2,1H3. The van der Waals surface area contributed by atoms with Gasteiger partial charge in [0.2, 0.25) is 0 Å². The van der Waals surface area contributed by atoms with E-state index < -0.39 is 6.23 Å². The van der Waals surface area contributed by atoms with Gasteiger partial charge in [0.25, 0.3) is 0 Å². The molecule has 17 heavy (non-hydrogen) atoms. The fourth-order valence-corrected chi connectivity index (χ4v) is 1.93. The van der Waals surface area contributed by atoms with Crippen LogP contribution in [-0.2, 0) is 0 Å². The lowest BCUT2D eigenvalue weighted by molar-refractivity contribution is 0.266. The van der Waals surface area contributed by atoms with E-state index >= 15 is 0 Å². The maximum atomic E-state index is 9.88. The van der Waals surface area contributed by atoms with Crippen LogP contribution in [0.5, 0.6) is 5.75 Å². The second kappa shape index (κ2) is 5.19. The largest absolute Gasteiger partial charge is 0.508 e. The number of aromatic hydroxyl groups is 1. The SMILES string of the molecule is CCCCCC1=Nc2ccc(O)cc2NC1O. The minimum atomic E-state index is -0.735. The quantitative estimate of drug-likeness (QED) is 0.702. The van der Waals surface area contributed by atoms with Crippen molar-refractivity contribution in [3.05, 3.63) is 18.2 Å². The number of hydrogen-bond donors (Lipinski definition) is 3. The summed E-state index contributed by atoms with van der Waals surface area (Å²) < 4.78 is 0. The normalized spacial score (nSPS) is 18.2. The number of aliphatic imine (C=N–C) groups is 1. The van der Waals surface area contributed by atoms with Gasteiger partial charge < -0.3 is 15.5 Å². The van der Waals surface area contributed by atoms with Gasteiger partial charge in [-0.1, -0.05) is 19.8 Å². The number of hydrogen-bond acceptors (Lipinski definition) is 4. The summed E-state index contributed by atoms with van der Waals surface area (Å²) in [4.78, 5) is 4.43. The Balaban J connectivity index is 2.15. The number of unbranched alkanes of at least 4 members (excludes halogenated alkanes) is 2. The van der Waals surface area contributed by atoms with Crippen molar-refractivity contribution < 1.29 is 10.2 Å². The molecule has 4 nitrogen and oxygen atoms in total. The summed E-state index contributed by atoms with van der Waals surface area (Å²) in [6.45, 7) is 2.15. The predicted octanol–water partition coefficient (Wildman–Crippen LogP) is 2.79. The first-order chi connectivity index (χ1) is 8.20. The molecule has 0 saturated carbocycles. The molecule has 1 aromatic carbocycles. The third kappa shape index (κ3) is 2.77. The zero-order valence-electron chi connectivity index (χ0n) is 9.98. The highest BCUT2D eigenvalue weighted by Crippen LogP contribution is 2.33. The number of anilines is 1. The first kappa shape index (κ1) is 11.9. The molecule has 0 fully saturated rings. The maximum absolute atomic E-state index is 9.88. The molecule has 0 amide bonds. The summed E-state index contributed by atoms with van der Waals surface area (Å²) in [5.74, 6) is 0.174. The van der Waals surface area contributed by atoms with Crippen LogP contribution in [0, 0.1) is 0 Å². The minimum Gasteiger partial charge on any atom is -0.508 e. The van der Waals surface area contributed by atoms with Gasteiger partial charge in [0, 0.05) is 6.07 Å². The zero-order valence-corrected chi connectivity index (χ0v) is 9.98. The number of phenols is 1. The molecular formula is C13H18N2O2. The van der Waals surface area contributed by atoms with Crippen LogP contribution >= 0.6 is 0 Å². The smallest absolute Gasteiger partial charge is 0.164 e. The molecule has 1 heterocycles. The van der Waals surface area contributed by atoms with Crippen LogP contribution in [0.2, 0.25) is 0 Å². The highest BCUT2D eigenvalue weighted by molar-refractivity contribution is 5.97. The molecule has 4 heteroatoms. The van der Waals surface area contributed by atoms with E-state index in [9.17, 15) is 10.2 Å². The Morgan fingerprint density at radius 1 is 1.35 bits per heavy atom. The van der Waals surface area contributed by atoms with Crippen molar-refractivity contribution in [2.24, 2.45) is 4.99 Å². The van der Waals surface area contributed by atoms with Crippen molar-refractivity contribution in [2.75, 3.05) is 5.32 Å². The van der Waals surface area contributed by atoms with Crippen LogP contribution in [0.4, 0.5) is 11.4 Å². The fourth-order valence-electron chi connectivity index (χ4n) is 1.93. The van der Waals surface area contributed by atoms with E-state index in [2.05, 4.69) is 17.2 Å². The van der Waals surface area contributed by atoms with Crippen LogP contribution in [-0.4, -0.2) is 22.2 Å². The lowest BCUT2D eigenvalue weighted by Crippen LogP contribution is -2.31. The second-order valence-corrected chi connectivity index (χ2v) is 4.31. The third-order valence-corrected chi connectivity index (χ3v) is 2.89. The second-order valence-electron chi connectivity index (χ2n) is 4.31. The Hall–Kier alpha value is -1.55. The summed E-state index contributed by atoms with van der Waals surface area (Å²) >= 11 is 0. The number of fused-ring (bicyclic) bond motifs is 1. The van der Waals surface area contributed by atoms with E-state index in [1.807, 2.05) is 0 Å². The Morgan fingerprint density at radius 2 is 2.18 bits per heavy atom. The van der Waals surface area contributed by atoms with Crippen molar-refractivity contribution in [2.45, 2.75) is 38.8 Å². The Labute approximate surface area is 101 Å². The van der Waals surface area contributed by atoms with Gasteiger partial charge in [0.15, 0.2) is 6.23 Å². The number of nitrogens with zero attached hydrogens (tertiary/aromatic N) is 1. The monoisotopic (exact) mass is 234 g/mol. The van der Waals surface area contributed by atoms with Gasteiger partial charge in [-0.05, 0) is 25.0 Å². The van der Waals surface area contributed by atoms with Crippen molar-refractivity contribution in [1.82, 2.24) is 0 Å². The summed E-state index contributed by atoms with van der Waals surface area (Å²) in [5.41, 5.74) is 2.23. The minimum absolute atomic E-state index is 0.174. The molecule has 0 aliphatic carbocycles. The molecule has 0 spiro atoms. The van der Waals surface area contributed by atoms with Crippen LogP contribution in [0.25, 0.3) is 0 Å². The van der Waals surface area contributed by atoms with Gasteiger partial charge in [0.05, 0.1) is 17.1 Å². The van der Waals surface area contributed by atoms with Crippen molar-refractivity contribution in [3.8, 4) is 5.75 Å². The lowest BCUT2D eigenvalue weighted by atomic mass is 10.1. The molecular weight excluding hydrogens is 216 g/mol. The van der Waals surface area contributed by atoms with Gasteiger partial charge in [0.1, 0.15) is 5.75 Å². The first-order valence-corrected chi connectivity index (χ1v) is 6.06. The van der Waals surface area contributed by atoms with E-state index in [1.54, 1.807) is 18.2 Å². The van der Waals surface area contributed by atoms with Gasteiger partial charge >= 0.3 is 0 Å². The number of aliphatic hydroxyl groups is 1. The summed E-state index contributed by atoms with van der Waals surface area (Å²) in [7, 11) is 0. The third-order valence-electron chi connectivity index (χ3n) is 2.89. The fraction of sp³-hybridized carbons (Fsp3) is 0.462. The average molecular weight is 234 g/mol. The summed E-state index contributed by atoms with van der Waals surface area (Å²) in [6.07, 6.45) is 3.42. The number of phenolic OH excluding ortho intramolecular Hbond substituents is 1. The molecule has 92 valence electrons. The maximum Gasteiger partial charge on any atom is 0.164 e. The molecule has 0 radical (unpaired) electrons. The molecule has 1 atom stereocenters. The number of rotatable bonds is 4. The number of nitrogens with one attached hydrogen (secondary N) is 1. The predicted molar refractivity (Wildman–Crippen MR) is 69.0 cm³/mol. The highest BCUT2D eigenvalue weighted by atomic mass is 16.3. The lowest BCUT2D eigenvalue weighted by Gasteiger charge is -2.23. The molecule has 0 saturated heterocycles. The van der Waals surface area contributed by atoms with Crippen LogP contribution in [0.1, 0.15) is 32.6 Å². The molecule has 1 aliphatic heterocycles. The van der Waals surface area contributed by atoms with Crippen LogP contribution in [0.3, 0.4) is 0 Å². The number of aliphatic hydroxyl groups excluding tert-OH is 1. The highest BCUT2D eigenvalue weighted by Gasteiger charge is 2.19. The van der Waals surface area contributed by atoms with E-state index in [0.717, 1.165) is 37.1 Å². The Bertz CT molecular complexity index is 429. The van der Waals surface area contributed by atoms with Crippen LogP contribution in [0.15, 0.2) is 23.2 Å². The zero-order chi connectivity index (χ0) is 12.3. The Morgan fingerprint density at radius 3 is 2.94 bits per heavy atom. The molecule has 2 rings (SSSR count). The van der Waals surface area contributed by atoms with Crippen molar-refractivity contribution in [1.29, 1.82) is 0 Å². The topological polar surface area (TPSA) is 64.9 Å². The van der Waals surface area contributed by atoms with E-state index in [4.69, 9.17) is 0 Å². The summed E-state index contributed by atoms with van der Waals surface area (Å²) in [5, 5.41) is 22.2. The molecule has 1 aliphatic rings. The van der Waals surface area contributed by atoms with Crippen molar-refractivity contribution >= 4 is 17.1 Å². The van der Waals surface area contributed by atoms with Crippen molar-refractivity contribution in [3.63, 3.8) is 0 Å². The number of benzene rings is 1. The van der Waals surface area contributed by atoms with Gasteiger partial charge in [-0.15, -0.1) is 0 Å². The Kier molecular flexibility index (Phi) is 3.64. The molecule has 1 aromatic rings. The van der Waals surface area contributed by atoms with Gasteiger partial charge in [-0.2, -0.15) is 0 Å². The van der Waals surface area contributed by atoms with E-state index in [0.29, 0.717) is 5.69 Å². The summed E-state index contributed by atoms with van der Waals surface area (Å²) in [6, 6.07) is 4.93.